The first-order valence-corrected chi connectivity index (χ1v) is 7.46. The largest absolute Gasteiger partial charge is 0.796 e. The zero-order chi connectivity index (χ0) is 15.4. The van der Waals surface area contributed by atoms with Crippen molar-refractivity contribution in [2.24, 2.45) is 0 Å². The maximum Gasteiger partial charge on any atom is 0.796 e. The molecule has 2 rings (SSSR count). The third kappa shape index (κ3) is 4.31. The Morgan fingerprint density at radius 3 is 2.48 bits per heavy atom. The highest BCUT2D eigenvalue weighted by Crippen LogP contribution is 2.36. The number of rotatable bonds is 4. The van der Waals surface area contributed by atoms with Gasteiger partial charge in [0.15, 0.2) is 0 Å². The fourth-order valence-corrected chi connectivity index (χ4v) is 3.04. The van der Waals surface area contributed by atoms with Crippen LogP contribution in [0.25, 0.3) is 5.76 Å². The van der Waals surface area contributed by atoms with Gasteiger partial charge in [-0.3, -0.25) is 0 Å². The third-order valence-electron chi connectivity index (χ3n) is 2.61. The first-order chi connectivity index (χ1) is 9.97. The molecule has 0 unspecified atom stereocenters. The second kappa shape index (κ2) is 7.09. The Morgan fingerprint density at radius 2 is 1.86 bits per heavy atom. The Morgan fingerprint density at radius 1 is 1.19 bits per heavy atom. The summed E-state index contributed by atoms with van der Waals surface area (Å²) in [6, 6.07) is 3.07. The quantitative estimate of drug-likeness (QED) is 0.520. The Balaban J connectivity index is 2.41. The maximum absolute atomic E-state index is 12.5. The van der Waals surface area contributed by atoms with Crippen LogP contribution in [0.4, 0.5) is 8.63 Å². The number of aliphatic hydroxyl groups excluding tert-OH is 1. The number of aliphatic hydroxyl groups is 1. The molecule has 2 nitrogen and oxygen atoms in total. The monoisotopic (exact) mass is 416 g/mol. The minimum Gasteiger partial charge on any atom is -0.507 e. The summed E-state index contributed by atoms with van der Waals surface area (Å²) < 4.78 is 30.4. The summed E-state index contributed by atoms with van der Waals surface area (Å²) in [5.74, 6) is -0.285. The van der Waals surface area contributed by atoms with Crippen LogP contribution in [0.1, 0.15) is 5.56 Å². The van der Waals surface area contributed by atoms with E-state index in [0.29, 0.717) is 8.95 Å². The van der Waals surface area contributed by atoms with Gasteiger partial charge in [-0.15, -0.1) is 0 Å². The second-order valence-electron chi connectivity index (χ2n) is 4.08. The van der Waals surface area contributed by atoms with E-state index in [1.54, 1.807) is 12.1 Å². The van der Waals surface area contributed by atoms with Crippen molar-refractivity contribution in [3.8, 4) is 5.75 Å². The molecule has 1 aliphatic rings. The molecule has 0 spiro atoms. The number of benzene rings is 1. The van der Waals surface area contributed by atoms with Crippen molar-refractivity contribution in [3.63, 3.8) is 0 Å². The summed E-state index contributed by atoms with van der Waals surface area (Å²) in [6.07, 6.45) is 10.5. The van der Waals surface area contributed by atoms with E-state index in [4.69, 9.17) is 0 Å². The lowest BCUT2D eigenvalue weighted by atomic mass is 10.1. The van der Waals surface area contributed by atoms with Gasteiger partial charge in [0.1, 0.15) is 11.5 Å². The average Bonchev–Trinajstić information content (AvgIpc) is 2.91. The molecular formula is C14H9BBr2F2O2. The van der Waals surface area contributed by atoms with Crippen LogP contribution in [0.3, 0.4) is 0 Å². The summed E-state index contributed by atoms with van der Waals surface area (Å²) in [5.41, 5.74) is 1.06. The fraction of sp³-hybridized carbons (Fsp3) is 0. The lowest BCUT2D eigenvalue weighted by molar-refractivity contribution is 0.420. The zero-order valence-electron chi connectivity index (χ0n) is 10.6. The SMILES string of the molecule is OC(=CC=C1C=CC=C1)c1cc(Br)cc(Br)c1OB(F)F. The van der Waals surface area contributed by atoms with Crippen LogP contribution in [0.2, 0.25) is 0 Å². The van der Waals surface area contributed by atoms with Crippen molar-refractivity contribution in [1.82, 2.24) is 0 Å². The molecule has 0 aromatic heterocycles. The molecule has 0 bridgehead atoms. The fourth-order valence-electron chi connectivity index (χ4n) is 1.72. The molecular weight excluding hydrogens is 409 g/mol. The average molecular weight is 418 g/mol. The highest BCUT2D eigenvalue weighted by atomic mass is 79.9. The van der Waals surface area contributed by atoms with Crippen LogP contribution in [0, 0.1) is 0 Å². The molecule has 7 heteroatoms. The molecule has 0 radical (unpaired) electrons. The van der Waals surface area contributed by atoms with Crippen molar-refractivity contribution >= 4 is 45.1 Å². The number of allylic oxidation sites excluding steroid dienone is 7. The molecule has 1 aromatic carbocycles. The van der Waals surface area contributed by atoms with Crippen LogP contribution in [0.15, 0.2) is 63.1 Å². The Labute approximate surface area is 138 Å². The molecule has 0 aliphatic heterocycles. The van der Waals surface area contributed by atoms with Gasteiger partial charge in [0, 0.05) is 4.47 Å². The number of hydrogen-bond acceptors (Lipinski definition) is 2. The molecule has 0 saturated carbocycles. The van der Waals surface area contributed by atoms with Gasteiger partial charge in [-0.25, -0.2) is 8.63 Å². The molecule has 0 atom stereocenters. The Hall–Kier alpha value is -1.34. The summed E-state index contributed by atoms with van der Waals surface area (Å²) in [7, 11) is -2.98. The van der Waals surface area contributed by atoms with Gasteiger partial charge in [0.05, 0.1) is 10.0 Å². The van der Waals surface area contributed by atoms with Crippen molar-refractivity contribution < 1.29 is 18.4 Å². The van der Waals surface area contributed by atoms with Crippen molar-refractivity contribution in [3.05, 3.63) is 68.7 Å². The van der Waals surface area contributed by atoms with E-state index >= 15 is 0 Å². The maximum atomic E-state index is 12.5. The Kier molecular flexibility index (Phi) is 5.42. The number of halogens is 4. The van der Waals surface area contributed by atoms with Crippen LogP contribution < -0.4 is 4.65 Å². The molecule has 0 heterocycles. The first kappa shape index (κ1) is 16.0. The smallest absolute Gasteiger partial charge is 0.507 e. The third-order valence-corrected chi connectivity index (χ3v) is 3.66. The van der Waals surface area contributed by atoms with E-state index < -0.39 is 7.47 Å². The summed E-state index contributed by atoms with van der Waals surface area (Å²) in [6.45, 7) is 0. The standard InChI is InChI=1S/C14H9BBr2F2O2/c16-10-7-11(14(12(17)8-10)21-15(18)19)13(20)6-5-9-3-1-2-4-9/h1-8,20H. The lowest BCUT2D eigenvalue weighted by Crippen LogP contribution is -2.10. The van der Waals surface area contributed by atoms with Gasteiger partial charge in [-0.05, 0) is 39.7 Å². The van der Waals surface area contributed by atoms with E-state index in [1.165, 1.54) is 12.1 Å². The predicted molar refractivity (Wildman–Crippen MR) is 87.4 cm³/mol. The van der Waals surface area contributed by atoms with Crippen LogP contribution >= 0.6 is 31.9 Å². The molecule has 0 saturated heterocycles. The van der Waals surface area contributed by atoms with E-state index in [9.17, 15) is 13.7 Å². The molecule has 108 valence electrons. The van der Waals surface area contributed by atoms with Crippen LogP contribution in [0.5, 0.6) is 5.75 Å². The highest BCUT2D eigenvalue weighted by molar-refractivity contribution is 9.11. The van der Waals surface area contributed by atoms with E-state index in [2.05, 4.69) is 36.5 Å². The Bertz CT molecular complexity index is 653. The summed E-state index contributed by atoms with van der Waals surface area (Å²) >= 11 is 6.40. The van der Waals surface area contributed by atoms with Crippen molar-refractivity contribution in [2.45, 2.75) is 0 Å². The van der Waals surface area contributed by atoms with Gasteiger partial charge >= 0.3 is 7.47 Å². The van der Waals surface area contributed by atoms with E-state index in [-0.39, 0.29) is 17.1 Å². The molecule has 0 amide bonds. The highest BCUT2D eigenvalue weighted by Gasteiger charge is 2.23. The molecule has 0 fully saturated rings. The minimum atomic E-state index is -2.98. The van der Waals surface area contributed by atoms with Crippen molar-refractivity contribution in [2.75, 3.05) is 0 Å². The van der Waals surface area contributed by atoms with Crippen LogP contribution in [-0.2, 0) is 0 Å². The molecule has 1 aliphatic carbocycles. The first-order valence-electron chi connectivity index (χ1n) is 5.87. The van der Waals surface area contributed by atoms with Gasteiger partial charge in [0.2, 0.25) is 0 Å². The van der Waals surface area contributed by atoms with Crippen LogP contribution in [-0.4, -0.2) is 12.6 Å². The van der Waals surface area contributed by atoms with E-state index in [0.717, 1.165) is 5.57 Å². The van der Waals surface area contributed by atoms with Gasteiger partial charge in [-0.1, -0.05) is 46.3 Å². The topological polar surface area (TPSA) is 29.5 Å². The summed E-state index contributed by atoms with van der Waals surface area (Å²) in [5, 5.41) is 10.1. The predicted octanol–water partition coefficient (Wildman–Crippen LogP) is 5.47. The van der Waals surface area contributed by atoms with Gasteiger partial charge in [-0.2, -0.15) is 0 Å². The molecule has 1 aromatic rings. The minimum absolute atomic E-state index is 0.113. The lowest BCUT2D eigenvalue weighted by Gasteiger charge is -2.12. The van der Waals surface area contributed by atoms with Gasteiger partial charge < -0.3 is 9.76 Å². The summed E-state index contributed by atoms with van der Waals surface area (Å²) in [4.78, 5) is 0. The normalized spacial score (nSPS) is 13.7. The second-order valence-corrected chi connectivity index (χ2v) is 5.85. The van der Waals surface area contributed by atoms with E-state index in [1.807, 2.05) is 24.3 Å². The molecule has 1 N–H and O–H groups in total. The van der Waals surface area contributed by atoms with Gasteiger partial charge in [0.25, 0.3) is 0 Å². The molecule has 21 heavy (non-hydrogen) atoms. The zero-order valence-corrected chi connectivity index (χ0v) is 13.7. The van der Waals surface area contributed by atoms with Crippen molar-refractivity contribution in [1.29, 1.82) is 0 Å². The number of hydrogen-bond donors (Lipinski definition) is 1.